The Labute approximate surface area is 107 Å². The van der Waals surface area contributed by atoms with Crippen LogP contribution in [0.3, 0.4) is 0 Å². The Hall–Kier alpha value is -1.14. The summed E-state index contributed by atoms with van der Waals surface area (Å²) in [5.41, 5.74) is 0. The number of carbonyl (C=O) groups is 2. The van der Waals surface area contributed by atoms with Gasteiger partial charge in [-0.3, -0.25) is 9.59 Å². The van der Waals surface area contributed by atoms with E-state index in [-0.39, 0.29) is 23.9 Å². The maximum Gasteiger partial charge on any atom is 0.241 e. The molecule has 100 valence electrons. The van der Waals surface area contributed by atoms with E-state index < -0.39 is 0 Å². The summed E-state index contributed by atoms with van der Waals surface area (Å²) in [4.78, 5) is 27.8. The molecular weight excluding hydrogens is 232 g/mol. The van der Waals surface area contributed by atoms with Crippen molar-refractivity contribution in [3.8, 4) is 0 Å². The van der Waals surface area contributed by atoms with Gasteiger partial charge in [0.05, 0.1) is 6.04 Å². The maximum absolute atomic E-state index is 12.3. The number of amides is 2. The maximum atomic E-state index is 12.3. The molecule has 0 aromatic rings. The average Bonchev–Trinajstić information content (AvgIpc) is 2.80. The molecule has 0 spiro atoms. The summed E-state index contributed by atoms with van der Waals surface area (Å²) in [5, 5.41) is 6.48. The zero-order valence-electron chi connectivity index (χ0n) is 10.5. The highest BCUT2D eigenvalue weighted by Crippen LogP contribution is 2.23. The molecule has 0 saturated carbocycles. The first-order valence-corrected chi connectivity index (χ1v) is 6.78. The lowest BCUT2D eigenvalue weighted by molar-refractivity contribution is -0.140. The highest BCUT2D eigenvalue weighted by Gasteiger charge is 2.38. The highest BCUT2D eigenvalue weighted by atomic mass is 16.2. The van der Waals surface area contributed by atoms with Gasteiger partial charge in [-0.15, -0.1) is 0 Å². The van der Waals surface area contributed by atoms with Gasteiger partial charge < -0.3 is 20.4 Å². The van der Waals surface area contributed by atoms with E-state index in [9.17, 15) is 9.59 Å². The fourth-order valence-electron chi connectivity index (χ4n) is 3.11. The van der Waals surface area contributed by atoms with Gasteiger partial charge in [0.25, 0.3) is 0 Å². The smallest absolute Gasteiger partial charge is 0.241 e. The third kappa shape index (κ3) is 2.10. The number of fused-ring (bicyclic) bond motifs is 1. The van der Waals surface area contributed by atoms with Crippen molar-refractivity contribution in [2.45, 2.75) is 24.9 Å². The summed E-state index contributed by atoms with van der Waals surface area (Å²) in [6, 6.07) is 0.161. The molecule has 3 rings (SSSR count). The van der Waals surface area contributed by atoms with Crippen LogP contribution in [0.4, 0.5) is 0 Å². The topological polar surface area (TPSA) is 64.7 Å². The predicted octanol–water partition coefficient (Wildman–Crippen LogP) is -1.62. The van der Waals surface area contributed by atoms with Crippen molar-refractivity contribution < 1.29 is 9.59 Å². The minimum Gasteiger partial charge on any atom is -0.337 e. The molecular formula is C12H20N4O2. The Bertz CT molecular complexity index is 354. The second-order valence-electron chi connectivity index (χ2n) is 5.27. The van der Waals surface area contributed by atoms with E-state index in [2.05, 4.69) is 10.6 Å². The lowest BCUT2D eigenvalue weighted by Crippen LogP contribution is -2.61. The number of rotatable bonds is 1. The molecule has 0 aromatic heterocycles. The molecule has 2 amide bonds. The third-order valence-electron chi connectivity index (χ3n) is 4.15. The van der Waals surface area contributed by atoms with Crippen LogP contribution in [0.5, 0.6) is 0 Å². The average molecular weight is 252 g/mol. The Kier molecular flexibility index (Phi) is 3.22. The van der Waals surface area contributed by atoms with Gasteiger partial charge in [-0.2, -0.15) is 0 Å². The minimum absolute atomic E-state index is 0.0950. The number of hydrogen-bond donors (Lipinski definition) is 2. The van der Waals surface area contributed by atoms with Crippen molar-refractivity contribution in [1.29, 1.82) is 0 Å². The van der Waals surface area contributed by atoms with Crippen LogP contribution in [0.15, 0.2) is 0 Å². The molecule has 2 N–H and O–H groups in total. The van der Waals surface area contributed by atoms with Gasteiger partial charge in [-0.25, -0.2) is 0 Å². The fraction of sp³-hybridized carbons (Fsp3) is 0.833. The summed E-state index contributed by atoms with van der Waals surface area (Å²) in [5.74, 6) is 0.436. The molecule has 0 bridgehead atoms. The van der Waals surface area contributed by atoms with Crippen molar-refractivity contribution in [2.75, 3.05) is 39.3 Å². The van der Waals surface area contributed by atoms with Crippen molar-refractivity contribution in [2.24, 2.45) is 0 Å². The van der Waals surface area contributed by atoms with E-state index in [4.69, 9.17) is 0 Å². The molecule has 2 atom stereocenters. The normalized spacial score (nSPS) is 32.6. The number of carbonyl (C=O) groups excluding carboxylic acids is 2. The van der Waals surface area contributed by atoms with Crippen LogP contribution >= 0.6 is 0 Å². The third-order valence-corrected chi connectivity index (χ3v) is 4.15. The zero-order chi connectivity index (χ0) is 12.5. The molecule has 18 heavy (non-hydrogen) atoms. The molecule has 0 aromatic carbocycles. The monoisotopic (exact) mass is 252 g/mol. The minimum atomic E-state index is -0.0950. The van der Waals surface area contributed by atoms with E-state index >= 15 is 0 Å². The van der Waals surface area contributed by atoms with Crippen molar-refractivity contribution in [3.63, 3.8) is 0 Å². The molecule has 6 nitrogen and oxygen atoms in total. The zero-order valence-corrected chi connectivity index (χ0v) is 10.5. The molecule has 3 saturated heterocycles. The molecule has 3 heterocycles. The van der Waals surface area contributed by atoms with Crippen LogP contribution in [0, 0.1) is 0 Å². The Morgan fingerprint density at radius 1 is 1.28 bits per heavy atom. The summed E-state index contributed by atoms with van der Waals surface area (Å²) in [7, 11) is 0. The molecule has 3 fully saturated rings. The lowest BCUT2D eigenvalue weighted by Gasteiger charge is -2.39. The van der Waals surface area contributed by atoms with Gasteiger partial charge in [0.2, 0.25) is 11.8 Å². The summed E-state index contributed by atoms with van der Waals surface area (Å²) in [6.07, 6.45) is 1.55. The Morgan fingerprint density at radius 2 is 2.17 bits per heavy atom. The first-order chi connectivity index (χ1) is 8.75. The fourth-order valence-corrected chi connectivity index (χ4v) is 3.11. The second kappa shape index (κ2) is 4.85. The van der Waals surface area contributed by atoms with Gasteiger partial charge in [-0.05, 0) is 6.42 Å². The number of piperazine rings is 2. The lowest BCUT2D eigenvalue weighted by atomic mass is 10.1. The molecule has 2 unspecified atom stereocenters. The Morgan fingerprint density at radius 3 is 2.94 bits per heavy atom. The van der Waals surface area contributed by atoms with E-state index in [0.717, 1.165) is 19.5 Å². The Balaban J connectivity index is 1.60. The standard InChI is InChI=1S/C12H20N4O2/c17-11-2-1-9-8-15(5-6-16(9)11)12(18)10-7-13-3-4-14-10/h9-10,13-14H,1-8H2. The van der Waals surface area contributed by atoms with Gasteiger partial charge in [0.15, 0.2) is 0 Å². The van der Waals surface area contributed by atoms with Gasteiger partial charge in [-0.1, -0.05) is 0 Å². The van der Waals surface area contributed by atoms with Crippen molar-refractivity contribution in [1.82, 2.24) is 20.4 Å². The van der Waals surface area contributed by atoms with Gasteiger partial charge in [0, 0.05) is 51.7 Å². The van der Waals surface area contributed by atoms with E-state index in [1.54, 1.807) is 0 Å². The van der Waals surface area contributed by atoms with Crippen LogP contribution in [-0.2, 0) is 9.59 Å². The van der Waals surface area contributed by atoms with Crippen LogP contribution < -0.4 is 10.6 Å². The molecule has 0 aliphatic carbocycles. The first kappa shape index (κ1) is 11.9. The van der Waals surface area contributed by atoms with Crippen molar-refractivity contribution >= 4 is 11.8 Å². The van der Waals surface area contributed by atoms with Crippen LogP contribution in [0.1, 0.15) is 12.8 Å². The first-order valence-electron chi connectivity index (χ1n) is 6.78. The number of hydrogen-bond acceptors (Lipinski definition) is 4. The summed E-state index contributed by atoms with van der Waals surface area (Å²) < 4.78 is 0. The molecule has 3 aliphatic heterocycles. The van der Waals surface area contributed by atoms with Crippen LogP contribution in [0.25, 0.3) is 0 Å². The van der Waals surface area contributed by atoms with E-state index in [1.165, 1.54) is 0 Å². The van der Waals surface area contributed by atoms with E-state index in [0.29, 0.717) is 32.6 Å². The largest absolute Gasteiger partial charge is 0.337 e. The number of nitrogens with one attached hydrogen (secondary N) is 2. The van der Waals surface area contributed by atoms with Crippen LogP contribution in [-0.4, -0.2) is 73.0 Å². The summed E-state index contributed by atoms with van der Waals surface area (Å²) in [6.45, 7) is 4.58. The van der Waals surface area contributed by atoms with E-state index in [1.807, 2.05) is 9.80 Å². The van der Waals surface area contributed by atoms with Crippen LogP contribution in [0.2, 0.25) is 0 Å². The predicted molar refractivity (Wildman–Crippen MR) is 66.0 cm³/mol. The number of nitrogens with zero attached hydrogens (tertiary/aromatic N) is 2. The molecule has 6 heteroatoms. The molecule has 3 aliphatic rings. The molecule has 0 radical (unpaired) electrons. The second-order valence-corrected chi connectivity index (χ2v) is 5.27. The highest BCUT2D eigenvalue weighted by molar-refractivity contribution is 5.83. The van der Waals surface area contributed by atoms with Crippen molar-refractivity contribution in [3.05, 3.63) is 0 Å². The van der Waals surface area contributed by atoms with Gasteiger partial charge >= 0.3 is 0 Å². The quantitative estimate of drug-likeness (QED) is 0.589. The summed E-state index contributed by atoms with van der Waals surface area (Å²) >= 11 is 0. The SMILES string of the molecule is O=C(C1CNCCN1)N1CCN2C(=O)CCC2C1. The van der Waals surface area contributed by atoms with Gasteiger partial charge in [0.1, 0.15) is 0 Å².